The van der Waals surface area contributed by atoms with Crippen LogP contribution in [-0.4, -0.2) is 29.8 Å². The van der Waals surface area contributed by atoms with E-state index in [1.54, 1.807) is 26.5 Å². The molecule has 2 atom stereocenters. The Morgan fingerprint density at radius 2 is 2.21 bits per heavy atom. The van der Waals surface area contributed by atoms with E-state index in [1.807, 2.05) is 25.3 Å². The monoisotopic (exact) mass is 330 g/mol. The van der Waals surface area contributed by atoms with Crippen molar-refractivity contribution in [3.05, 3.63) is 42.0 Å². The van der Waals surface area contributed by atoms with Crippen LogP contribution in [0.25, 0.3) is 0 Å². The fourth-order valence-corrected chi connectivity index (χ4v) is 3.00. The van der Waals surface area contributed by atoms with Gasteiger partial charge >= 0.3 is 6.03 Å². The number of fused-ring (bicyclic) bond motifs is 1. The van der Waals surface area contributed by atoms with Crippen LogP contribution in [-0.2, 0) is 6.54 Å². The number of hydrogen-bond acceptors (Lipinski definition) is 4. The van der Waals surface area contributed by atoms with Gasteiger partial charge in [-0.1, -0.05) is 0 Å². The highest BCUT2D eigenvalue weighted by Crippen LogP contribution is 2.29. The van der Waals surface area contributed by atoms with E-state index in [9.17, 15) is 4.79 Å². The lowest BCUT2D eigenvalue weighted by molar-refractivity contribution is 0.233. The molecule has 0 spiro atoms. The molecular formula is C17H22N4O3. The van der Waals surface area contributed by atoms with Crippen molar-refractivity contribution < 1.29 is 14.3 Å². The number of carbonyl (C=O) groups is 1. The molecule has 2 amide bonds. The van der Waals surface area contributed by atoms with Gasteiger partial charge in [-0.25, -0.2) is 9.78 Å². The van der Waals surface area contributed by atoms with Gasteiger partial charge in [0, 0.05) is 30.6 Å². The molecule has 0 fully saturated rings. The third-order valence-electron chi connectivity index (χ3n) is 4.28. The zero-order valence-corrected chi connectivity index (χ0v) is 14.1. The fourth-order valence-electron chi connectivity index (χ4n) is 3.00. The second-order valence-corrected chi connectivity index (χ2v) is 5.77. The van der Waals surface area contributed by atoms with Gasteiger partial charge in [0.15, 0.2) is 0 Å². The third kappa shape index (κ3) is 3.15. The third-order valence-corrected chi connectivity index (χ3v) is 4.28. The number of benzene rings is 1. The molecule has 2 N–H and O–H groups in total. The predicted molar refractivity (Wildman–Crippen MR) is 89.2 cm³/mol. The first-order valence-corrected chi connectivity index (χ1v) is 7.92. The number of carbonyl (C=O) groups excluding carboxylic acids is 1. The fraction of sp³-hybridized carbons (Fsp3) is 0.412. The summed E-state index contributed by atoms with van der Waals surface area (Å²) in [5.74, 6) is 2.29. The van der Waals surface area contributed by atoms with Crippen LogP contribution >= 0.6 is 0 Å². The minimum atomic E-state index is -0.221. The molecular weight excluding hydrogens is 308 g/mol. The first-order valence-electron chi connectivity index (χ1n) is 7.92. The molecule has 1 aliphatic rings. The van der Waals surface area contributed by atoms with Crippen LogP contribution < -0.4 is 20.1 Å². The molecule has 0 saturated carbocycles. The van der Waals surface area contributed by atoms with Crippen molar-refractivity contribution in [2.75, 3.05) is 14.2 Å². The summed E-state index contributed by atoms with van der Waals surface area (Å²) < 4.78 is 12.6. The summed E-state index contributed by atoms with van der Waals surface area (Å²) >= 11 is 0. The largest absolute Gasteiger partial charge is 0.497 e. The molecule has 1 aromatic carbocycles. The minimum absolute atomic E-state index is 0.0510. The van der Waals surface area contributed by atoms with Crippen molar-refractivity contribution >= 4 is 6.03 Å². The van der Waals surface area contributed by atoms with Gasteiger partial charge in [0.2, 0.25) is 0 Å². The van der Waals surface area contributed by atoms with Gasteiger partial charge in [0.25, 0.3) is 0 Å². The summed E-state index contributed by atoms with van der Waals surface area (Å²) in [5.41, 5.74) is 0.890. The van der Waals surface area contributed by atoms with Crippen LogP contribution in [0.2, 0.25) is 0 Å². The number of nitrogens with zero attached hydrogens (tertiary/aromatic N) is 2. The number of aromatic nitrogens is 2. The average Bonchev–Trinajstić information content (AvgIpc) is 3.19. The van der Waals surface area contributed by atoms with Crippen molar-refractivity contribution in [3.8, 4) is 11.5 Å². The van der Waals surface area contributed by atoms with Crippen LogP contribution in [0.1, 0.15) is 36.8 Å². The van der Waals surface area contributed by atoms with Gasteiger partial charge < -0.3 is 24.7 Å². The Hall–Kier alpha value is -2.70. The molecule has 0 radical (unpaired) electrons. The normalized spacial score (nSPS) is 17.0. The van der Waals surface area contributed by atoms with Crippen molar-refractivity contribution in [2.45, 2.75) is 32.0 Å². The number of methoxy groups -OCH3 is 2. The minimum Gasteiger partial charge on any atom is -0.497 e. The van der Waals surface area contributed by atoms with E-state index in [0.717, 1.165) is 24.4 Å². The highest BCUT2D eigenvalue weighted by atomic mass is 16.5. The molecule has 3 rings (SSSR count). The zero-order valence-electron chi connectivity index (χ0n) is 14.1. The average molecular weight is 330 g/mol. The summed E-state index contributed by atoms with van der Waals surface area (Å²) in [6, 6.07) is 5.07. The van der Waals surface area contributed by atoms with E-state index in [1.165, 1.54) is 0 Å². The smallest absolute Gasteiger partial charge is 0.315 e. The highest BCUT2D eigenvalue weighted by molar-refractivity contribution is 5.75. The van der Waals surface area contributed by atoms with E-state index in [0.29, 0.717) is 11.5 Å². The molecule has 1 aliphatic heterocycles. The van der Waals surface area contributed by atoms with Gasteiger partial charge in [-0.3, -0.25) is 0 Å². The Morgan fingerprint density at radius 1 is 1.38 bits per heavy atom. The van der Waals surface area contributed by atoms with Crippen molar-refractivity contribution in [2.24, 2.45) is 0 Å². The molecule has 7 heteroatoms. The number of imidazole rings is 1. The van der Waals surface area contributed by atoms with Crippen molar-refractivity contribution in [1.82, 2.24) is 20.2 Å². The van der Waals surface area contributed by atoms with E-state index in [4.69, 9.17) is 9.47 Å². The molecule has 2 aromatic rings. The Morgan fingerprint density at radius 3 is 2.96 bits per heavy atom. The predicted octanol–water partition coefficient (Wildman–Crippen LogP) is 2.41. The molecule has 2 heterocycles. The lowest BCUT2D eigenvalue weighted by atomic mass is 10.1. The number of rotatable bonds is 5. The van der Waals surface area contributed by atoms with Gasteiger partial charge in [-0.05, 0) is 25.5 Å². The number of hydrogen-bond donors (Lipinski definition) is 2. The standard InChI is InChI=1S/C17H22N4O3/c1-11(13-5-4-12(23-2)10-15(13)24-3)19-17(22)20-14-6-8-21-9-7-18-16(14)21/h4-5,7,9-11,14H,6,8H2,1-3H3,(H2,19,20,22)/t11-,14?/m1/s1. The van der Waals surface area contributed by atoms with Gasteiger partial charge in [-0.2, -0.15) is 0 Å². The second kappa shape index (κ2) is 6.82. The van der Waals surface area contributed by atoms with Crippen LogP contribution in [0, 0.1) is 0 Å². The second-order valence-electron chi connectivity index (χ2n) is 5.77. The first-order chi connectivity index (χ1) is 11.6. The van der Waals surface area contributed by atoms with E-state index in [-0.39, 0.29) is 18.1 Å². The number of urea groups is 1. The summed E-state index contributed by atoms with van der Waals surface area (Å²) in [4.78, 5) is 16.6. The first kappa shape index (κ1) is 16.2. The molecule has 1 aromatic heterocycles. The van der Waals surface area contributed by atoms with Crippen LogP contribution in [0.15, 0.2) is 30.6 Å². The SMILES string of the molecule is COc1ccc([C@@H](C)NC(=O)NC2CCn3ccnc32)c(OC)c1. The molecule has 1 unspecified atom stereocenters. The van der Waals surface area contributed by atoms with E-state index >= 15 is 0 Å². The summed E-state index contributed by atoms with van der Waals surface area (Å²) in [7, 11) is 3.21. The van der Waals surface area contributed by atoms with E-state index in [2.05, 4.69) is 20.2 Å². The lowest BCUT2D eigenvalue weighted by Gasteiger charge is -2.19. The molecule has 0 saturated heterocycles. The van der Waals surface area contributed by atoms with Crippen molar-refractivity contribution in [1.29, 1.82) is 0 Å². The maximum atomic E-state index is 12.3. The Bertz CT molecular complexity index is 728. The number of ether oxygens (including phenoxy) is 2. The van der Waals surface area contributed by atoms with Crippen LogP contribution in [0.5, 0.6) is 11.5 Å². The van der Waals surface area contributed by atoms with Gasteiger partial charge in [0.1, 0.15) is 17.3 Å². The van der Waals surface area contributed by atoms with Crippen LogP contribution in [0.4, 0.5) is 4.79 Å². The number of amides is 2. The Balaban J connectivity index is 1.64. The summed E-state index contributed by atoms with van der Waals surface area (Å²) in [6.07, 6.45) is 4.54. The molecule has 0 aliphatic carbocycles. The highest BCUT2D eigenvalue weighted by Gasteiger charge is 2.25. The maximum absolute atomic E-state index is 12.3. The quantitative estimate of drug-likeness (QED) is 0.882. The summed E-state index contributed by atoms with van der Waals surface area (Å²) in [5, 5.41) is 5.93. The maximum Gasteiger partial charge on any atom is 0.315 e. The topological polar surface area (TPSA) is 77.4 Å². The Labute approximate surface area is 141 Å². The van der Waals surface area contributed by atoms with E-state index < -0.39 is 0 Å². The zero-order chi connectivity index (χ0) is 17.1. The molecule has 0 bridgehead atoms. The lowest BCUT2D eigenvalue weighted by Crippen LogP contribution is -2.38. The van der Waals surface area contributed by atoms with Gasteiger partial charge in [-0.15, -0.1) is 0 Å². The number of nitrogens with one attached hydrogen (secondary N) is 2. The molecule has 7 nitrogen and oxygen atoms in total. The molecule has 24 heavy (non-hydrogen) atoms. The Kier molecular flexibility index (Phi) is 4.59. The summed E-state index contributed by atoms with van der Waals surface area (Å²) in [6.45, 7) is 2.79. The number of aryl methyl sites for hydroxylation is 1. The molecule has 128 valence electrons. The van der Waals surface area contributed by atoms with Crippen molar-refractivity contribution in [3.63, 3.8) is 0 Å². The van der Waals surface area contributed by atoms with Gasteiger partial charge in [0.05, 0.1) is 26.3 Å². The van der Waals surface area contributed by atoms with Crippen LogP contribution in [0.3, 0.4) is 0 Å².